The van der Waals surface area contributed by atoms with Gasteiger partial charge in [0.05, 0.1) is 0 Å². The highest BCUT2D eigenvalue weighted by molar-refractivity contribution is 7.98. The monoisotopic (exact) mass is 296 g/mol. The number of hydrogen-bond acceptors (Lipinski definition) is 4. The molecule has 0 radical (unpaired) electrons. The molecule has 0 unspecified atom stereocenters. The molecule has 1 fully saturated rings. The van der Waals surface area contributed by atoms with E-state index in [1.807, 2.05) is 10.6 Å². The van der Waals surface area contributed by atoms with E-state index in [2.05, 4.69) is 52.3 Å². The van der Waals surface area contributed by atoms with Crippen LogP contribution < -0.4 is 0 Å². The highest BCUT2D eigenvalue weighted by Gasteiger charge is 2.26. The molecular weight excluding hydrogens is 280 g/mol. The molecule has 0 bridgehead atoms. The second-order valence-electron chi connectivity index (χ2n) is 5.48. The van der Waals surface area contributed by atoms with E-state index >= 15 is 0 Å². The maximum Gasteiger partial charge on any atom is 0.253 e. The summed E-state index contributed by atoms with van der Waals surface area (Å²) >= 11 is 1.65. The SMILES string of the molecule is Cc1cc(C2CC2)nc2nc(SCc3ccccc3)nn12. The standard InChI is InChI=1S/C16H16N4S/c1-11-9-14(13-7-8-13)17-15-18-16(19-20(11)15)21-10-12-5-3-2-4-6-12/h2-6,9,13H,7-8,10H2,1H3. The lowest BCUT2D eigenvalue weighted by Gasteiger charge is -2.00. The van der Waals surface area contributed by atoms with Crippen LogP contribution >= 0.6 is 11.8 Å². The molecule has 3 aromatic rings. The lowest BCUT2D eigenvalue weighted by Crippen LogP contribution is -1.99. The molecule has 106 valence electrons. The fourth-order valence-corrected chi connectivity index (χ4v) is 3.16. The third-order valence-corrected chi connectivity index (χ3v) is 4.61. The molecule has 0 saturated heterocycles. The number of nitrogens with zero attached hydrogens (tertiary/aromatic N) is 4. The summed E-state index contributed by atoms with van der Waals surface area (Å²) in [5.41, 5.74) is 3.57. The predicted octanol–water partition coefficient (Wildman–Crippen LogP) is 3.60. The van der Waals surface area contributed by atoms with Crippen LogP contribution in [0.25, 0.3) is 5.78 Å². The lowest BCUT2D eigenvalue weighted by molar-refractivity contribution is 0.835. The van der Waals surface area contributed by atoms with E-state index in [0.717, 1.165) is 22.4 Å². The number of benzene rings is 1. The molecule has 0 spiro atoms. The zero-order valence-electron chi connectivity index (χ0n) is 11.9. The van der Waals surface area contributed by atoms with Gasteiger partial charge in [0.25, 0.3) is 5.78 Å². The van der Waals surface area contributed by atoms with Crippen molar-refractivity contribution >= 4 is 17.5 Å². The van der Waals surface area contributed by atoms with Gasteiger partial charge in [-0.2, -0.15) is 4.98 Å². The van der Waals surface area contributed by atoms with Crippen molar-refractivity contribution in [2.24, 2.45) is 0 Å². The van der Waals surface area contributed by atoms with E-state index in [-0.39, 0.29) is 0 Å². The molecular formula is C16H16N4S. The third kappa shape index (κ3) is 2.65. The van der Waals surface area contributed by atoms with Gasteiger partial charge in [-0.15, -0.1) is 5.10 Å². The summed E-state index contributed by atoms with van der Waals surface area (Å²) in [6, 6.07) is 12.5. The Morgan fingerprint density at radius 2 is 2.00 bits per heavy atom. The van der Waals surface area contributed by atoms with Gasteiger partial charge in [0.15, 0.2) is 0 Å². The van der Waals surface area contributed by atoms with Gasteiger partial charge in [0.2, 0.25) is 5.16 Å². The van der Waals surface area contributed by atoms with Crippen LogP contribution in [0.15, 0.2) is 41.6 Å². The van der Waals surface area contributed by atoms with Gasteiger partial charge in [-0.3, -0.25) is 0 Å². The minimum Gasteiger partial charge on any atom is -0.216 e. The molecule has 2 aromatic heterocycles. The Balaban J connectivity index is 1.59. The van der Waals surface area contributed by atoms with Crippen LogP contribution in [0.5, 0.6) is 0 Å². The number of rotatable bonds is 4. The van der Waals surface area contributed by atoms with Crippen molar-refractivity contribution in [3.05, 3.63) is 53.3 Å². The van der Waals surface area contributed by atoms with E-state index in [1.165, 1.54) is 24.1 Å². The van der Waals surface area contributed by atoms with E-state index in [0.29, 0.717) is 5.92 Å². The Kier molecular flexibility index (Phi) is 3.15. The van der Waals surface area contributed by atoms with E-state index in [9.17, 15) is 0 Å². The maximum atomic E-state index is 4.65. The van der Waals surface area contributed by atoms with Crippen molar-refractivity contribution in [2.45, 2.75) is 36.6 Å². The average Bonchev–Trinajstić information content (AvgIpc) is 3.27. The third-order valence-electron chi connectivity index (χ3n) is 3.70. The Morgan fingerprint density at radius 3 is 2.76 bits per heavy atom. The molecule has 5 heteroatoms. The van der Waals surface area contributed by atoms with Gasteiger partial charge in [-0.05, 0) is 31.4 Å². The van der Waals surface area contributed by atoms with Crippen LogP contribution in [0.3, 0.4) is 0 Å². The number of hydrogen-bond donors (Lipinski definition) is 0. The van der Waals surface area contributed by atoms with E-state index < -0.39 is 0 Å². The molecule has 0 N–H and O–H groups in total. The van der Waals surface area contributed by atoms with Gasteiger partial charge < -0.3 is 0 Å². The fourth-order valence-electron chi connectivity index (χ4n) is 2.39. The summed E-state index contributed by atoms with van der Waals surface area (Å²) < 4.78 is 1.85. The van der Waals surface area contributed by atoms with Gasteiger partial charge in [-0.1, -0.05) is 42.1 Å². The van der Waals surface area contributed by atoms with Gasteiger partial charge >= 0.3 is 0 Å². The Morgan fingerprint density at radius 1 is 1.19 bits per heavy atom. The predicted molar refractivity (Wildman–Crippen MR) is 83.5 cm³/mol. The first-order valence-corrected chi connectivity index (χ1v) is 8.19. The quantitative estimate of drug-likeness (QED) is 0.690. The summed E-state index contributed by atoms with van der Waals surface area (Å²) in [5.74, 6) is 2.25. The summed E-state index contributed by atoms with van der Waals surface area (Å²) in [5, 5.41) is 5.35. The zero-order valence-corrected chi connectivity index (χ0v) is 12.7. The van der Waals surface area contributed by atoms with Crippen LogP contribution in [-0.4, -0.2) is 19.6 Å². The van der Waals surface area contributed by atoms with Crippen molar-refractivity contribution in [2.75, 3.05) is 0 Å². The topological polar surface area (TPSA) is 43.1 Å². The molecule has 1 aromatic carbocycles. The molecule has 1 saturated carbocycles. The second kappa shape index (κ2) is 5.15. The van der Waals surface area contributed by atoms with Crippen molar-refractivity contribution in [1.82, 2.24) is 19.6 Å². The van der Waals surface area contributed by atoms with Gasteiger partial charge in [0.1, 0.15) is 0 Å². The van der Waals surface area contributed by atoms with Crippen LogP contribution in [-0.2, 0) is 5.75 Å². The Labute approximate surface area is 127 Å². The highest BCUT2D eigenvalue weighted by Crippen LogP contribution is 2.39. The van der Waals surface area contributed by atoms with Crippen LogP contribution in [0, 0.1) is 6.92 Å². The summed E-state index contributed by atoms with van der Waals surface area (Å²) in [4.78, 5) is 9.21. The molecule has 2 heterocycles. The number of thioether (sulfide) groups is 1. The van der Waals surface area contributed by atoms with E-state index in [4.69, 9.17) is 0 Å². The van der Waals surface area contributed by atoms with Crippen molar-refractivity contribution in [1.29, 1.82) is 0 Å². The summed E-state index contributed by atoms with van der Waals surface area (Å²) in [7, 11) is 0. The molecule has 0 amide bonds. The lowest BCUT2D eigenvalue weighted by atomic mass is 10.2. The largest absolute Gasteiger partial charge is 0.253 e. The average molecular weight is 296 g/mol. The first-order valence-electron chi connectivity index (χ1n) is 7.20. The van der Waals surface area contributed by atoms with Crippen molar-refractivity contribution in [3.63, 3.8) is 0 Å². The van der Waals surface area contributed by atoms with Gasteiger partial charge in [0, 0.05) is 23.1 Å². The molecule has 1 aliphatic rings. The van der Waals surface area contributed by atoms with Crippen LogP contribution in [0.2, 0.25) is 0 Å². The highest BCUT2D eigenvalue weighted by atomic mass is 32.2. The number of fused-ring (bicyclic) bond motifs is 1. The molecule has 4 nitrogen and oxygen atoms in total. The first-order chi connectivity index (χ1) is 10.3. The Hall–Kier alpha value is -1.88. The molecule has 0 aliphatic heterocycles. The van der Waals surface area contributed by atoms with Gasteiger partial charge in [-0.25, -0.2) is 9.50 Å². The molecule has 21 heavy (non-hydrogen) atoms. The minimum atomic E-state index is 0.644. The first kappa shape index (κ1) is 12.8. The zero-order chi connectivity index (χ0) is 14.2. The van der Waals surface area contributed by atoms with Crippen LogP contribution in [0.1, 0.15) is 35.7 Å². The molecule has 0 atom stereocenters. The minimum absolute atomic E-state index is 0.644. The normalized spacial score (nSPS) is 14.7. The van der Waals surface area contributed by atoms with E-state index in [1.54, 1.807) is 11.8 Å². The second-order valence-corrected chi connectivity index (χ2v) is 6.42. The number of aryl methyl sites for hydroxylation is 1. The maximum absolute atomic E-state index is 4.65. The summed E-state index contributed by atoms with van der Waals surface area (Å²) in [6.45, 7) is 2.07. The van der Waals surface area contributed by atoms with Crippen LogP contribution in [0.4, 0.5) is 0 Å². The number of aromatic nitrogens is 4. The van der Waals surface area contributed by atoms with Crippen molar-refractivity contribution in [3.8, 4) is 0 Å². The smallest absolute Gasteiger partial charge is 0.216 e. The fraction of sp³-hybridized carbons (Fsp3) is 0.312. The van der Waals surface area contributed by atoms with Crippen molar-refractivity contribution < 1.29 is 0 Å². The Bertz CT molecular complexity index is 778. The summed E-state index contributed by atoms with van der Waals surface area (Å²) in [6.07, 6.45) is 2.51. The molecule has 4 rings (SSSR count). The molecule has 1 aliphatic carbocycles.